The molecule has 110 valence electrons. The molecule has 1 saturated carbocycles. The van der Waals surface area contributed by atoms with Gasteiger partial charge in [-0.25, -0.2) is 0 Å². The average molecular weight is 266 g/mol. The number of nitrogens with one attached hydrogen (secondary N) is 1. The second-order valence-corrected chi connectivity index (χ2v) is 6.24. The van der Waals surface area contributed by atoms with Crippen molar-refractivity contribution in [3.63, 3.8) is 0 Å². The third-order valence-corrected chi connectivity index (χ3v) is 4.88. The zero-order chi connectivity index (χ0) is 13.5. The Morgan fingerprint density at radius 1 is 1.11 bits per heavy atom. The van der Waals surface area contributed by atoms with Gasteiger partial charge in [0.25, 0.3) is 0 Å². The van der Waals surface area contributed by atoms with Crippen molar-refractivity contribution >= 4 is 5.91 Å². The van der Waals surface area contributed by atoms with Crippen molar-refractivity contribution < 1.29 is 4.79 Å². The fourth-order valence-electron chi connectivity index (χ4n) is 3.65. The molecule has 3 heteroatoms. The van der Waals surface area contributed by atoms with E-state index in [9.17, 15) is 4.79 Å². The van der Waals surface area contributed by atoms with E-state index in [1.54, 1.807) is 0 Å². The molecule has 2 rings (SSSR count). The van der Waals surface area contributed by atoms with Gasteiger partial charge >= 0.3 is 0 Å². The maximum absolute atomic E-state index is 12.2. The average Bonchev–Trinajstić information content (AvgIpc) is 2.49. The summed E-state index contributed by atoms with van der Waals surface area (Å²) in [7, 11) is 0. The van der Waals surface area contributed by atoms with Crippen molar-refractivity contribution in [2.24, 2.45) is 5.92 Å². The standard InChI is InChI=1S/C16H30N2O/c1-2-15(14-9-5-3-6-10-14)17-13-16(19)18-11-7-4-8-12-18/h14-15,17H,2-13H2,1H3. The van der Waals surface area contributed by atoms with Crippen LogP contribution in [0.5, 0.6) is 0 Å². The highest BCUT2D eigenvalue weighted by molar-refractivity contribution is 5.78. The minimum Gasteiger partial charge on any atom is -0.342 e. The Morgan fingerprint density at radius 2 is 1.74 bits per heavy atom. The minimum absolute atomic E-state index is 0.314. The molecule has 2 fully saturated rings. The van der Waals surface area contributed by atoms with Crippen LogP contribution in [0, 0.1) is 5.92 Å². The second kappa shape index (κ2) is 7.88. The smallest absolute Gasteiger partial charge is 0.236 e. The van der Waals surface area contributed by atoms with E-state index in [1.807, 2.05) is 4.90 Å². The summed E-state index contributed by atoms with van der Waals surface area (Å²) in [6.45, 7) is 4.74. The summed E-state index contributed by atoms with van der Waals surface area (Å²) >= 11 is 0. The normalized spacial score (nSPS) is 23.3. The van der Waals surface area contributed by atoms with E-state index >= 15 is 0 Å². The van der Waals surface area contributed by atoms with E-state index in [2.05, 4.69) is 12.2 Å². The Bertz CT molecular complexity index is 268. The van der Waals surface area contributed by atoms with E-state index in [4.69, 9.17) is 0 Å². The summed E-state index contributed by atoms with van der Waals surface area (Å²) in [6.07, 6.45) is 11.7. The van der Waals surface area contributed by atoms with Crippen molar-refractivity contribution in [1.82, 2.24) is 10.2 Å². The SMILES string of the molecule is CCC(NCC(=O)N1CCCCC1)C1CCCCC1. The molecule has 0 bridgehead atoms. The summed E-state index contributed by atoms with van der Waals surface area (Å²) < 4.78 is 0. The summed E-state index contributed by atoms with van der Waals surface area (Å²) in [6, 6.07) is 0.550. The lowest BCUT2D eigenvalue weighted by Gasteiger charge is -2.32. The first-order valence-electron chi connectivity index (χ1n) is 8.32. The van der Waals surface area contributed by atoms with E-state index in [1.165, 1.54) is 51.4 Å². The predicted octanol–water partition coefficient (Wildman–Crippen LogP) is 2.95. The largest absolute Gasteiger partial charge is 0.342 e. The van der Waals surface area contributed by atoms with Gasteiger partial charge in [0.2, 0.25) is 5.91 Å². The van der Waals surface area contributed by atoms with Crippen LogP contribution in [-0.2, 0) is 4.79 Å². The van der Waals surface area contributed by atoms with Crippen LogP contribution < -0.4 is 5.32 Å². The first-order valence-corrected chi connectivity index (χ1v) is 8.32. The van der Waals surface area contributed by atoms with Crippen LogP contribution >= 0.6 is 0 Å². The number of carbonyl (C=O) groups is 1. The Kier molecular flexibility index (Phi) is 6.15. The molecule has 2 aliphatic rings. The van der Waals surface area contributed by atoms with Gasteiger partial charge in [0.1, 0.15) is 0 Å². The molecule has 0 aromatic carbocycles. The maximum Gasteiger partial charge on any atom is 0.236 e. The molecule has 1 unspecified atom stereocenters. The zero-order valence-corrected chi connectivity index (χ0v) is 12.5. The van der Waals surface area contributed by atoms with Crippen molar-refractivity contribution in [3.8, 4) is 0 Å². The van der Waals surface area contributed by atoms with E-state index in [0.29, 0.717) is 18.5 Å². The van der Waals surface area contributed by atoms with Crippen LogP contribution in [0.3, 0.4) is 0 Å². The van der Waals surface area contributed by atoms with E-state index < -0.39 is 0 Å². The van der Waals surface area contributed by atoms with Gasteiger partial charge in [0, 0.05) is 19.1 Å². The molecule has 19 heavy (non-hydrogen) atoms. The highest BCUT2D eigenvalue weighted by Gasteiger charge is 2.23. The molecule has 1 saturated heterocycles. The van der Waals surface area contributed by atoms with Gasteiger partial charge in [-0.2, -0.15) is 0 Å². The Balaban J connectivity index is 1.73. The lowest BCUT2D eigenvalue weighted by atomic mass is 9.83. The molecular formula is C16H30N2O. The molecule has 1 amide bonds. The summed E-state index contributed by atoms with van der Waals surface area (Å²) in [5, 5.41) is 3.54. The Morgan fingerprint density at radius 3 is 2.37 bits per heavy atom. The Hall–Kier alpha value is -0.570. The van der Waals surface area contributed by atoms with Crippen molar-refractivity contribution in [1.29, 1.82) is 0 Å². The third kappa shape index (κ3) is 4.48. The zero-order valence-electron chi connectivity index (χ0n) is 12.5. The molecule has 3 nitrogen and oxygen atoms in total. The van der Waals surface area contributed by atoms with Gasteiger partial charge in [-0.1, -0.05) is 26.2 Å². The van der Waals surface area contributed by atoms with E-state index in [0.717, 1.165) is 25.4 Å². The minimum atomic E-state index is 0.314. The first-order chi connectivity index (χ1) is 9.31. The fourth-order valence-corrected chi connectivity index (χ4v) is 3.65. The highest BCUT2D eigenvalue weighted by Crippen LogP contribution is 2.27. The van der Waals surface area contributed by atoms with Gasteiger partial charge < -0.3 is 10.2 Å². The molecule has 0 radical (unpaired) electrons. The van der Waals surface area contributed by atoms with Crippen molar-refractivity contribution in [3.05, 3.63) is 0 Å². The molecular weight excluding hydrogens is 236 g/mol. The fraction of sp³-hybridized carbons (Fsp3) is 0.938. The lowest BCUT2D eigenvalue weighted by Crippen LogP contribution is -2.45. The number of amides is 1. The Labute approximate surface area is 118 Å². The molecule has 0 spiro atoms. The first kappa shape index (κ1) is 14.8. The van der Waals surface area contributed by atoms with Gasteiger partial charge in [0.05, 0.1) is 6.54 Å². The molecule has 1 heterocycles. The van der Waals surface area contributed by atoms with Crippen LogP contribution in [0.1, 0.15) is 64.7 Å². The number of hydrogen-bond acceptors (Lipinski definition) is 2. The molecule has 1 aliphatic carbocycles. The topological polar surface area (TPSA) is 32.3 Å². The molecule has 0 aromatic heterocycles. The molecule has 1 aliphatic heterocycles. The van der Waals surface area contributed by atoms with Gasteiger partial charge in [0.15, 0.2) is 0 Å². The van der Waals surface area contributed by atoms with Crippen LogP contribution in [0.15, 0.2) is 0 Å². The predicted molar refractivity (Wildman–Crippen MR) is 79.1 cm³/mol. The van der Waals surface area contributed by atoms with Crippen LogP contribution in [0.4, 0.5) is 0 Å². The van der Waals surface area contributed by atoms with Gasteiger partial charge in [-0.05, 0) is 44.4 Å². The van der Waals surface area contributed by atoms with Gasteiger partial charge in [-0.15, -0.1) is 0 Å². The van der Waals surface area contributed by atoms with E-state index in [-0.39, 0.29) is 0 Å². The third-order valence-electron chi connectivity index (χ3n) is 4.88. The number of likely N-dealkylation sites (tertiary alicyclic amines) is 1. The van der Waals surface area contributed by atoms with Crippen LogP contribution in [0.25, 0.3) is 0 Å². The quantitative estimate of drug-likeness (QED) is 0.830. The van der Waals surface area contributed by atoms with Crippen molar-refractivity contribution in [2.45, 2.75) is 70.8 Å². The van der Waals surface area contributed by atoms with Crippen molar-refractivity contribution in [2.75, 3.05) is 19.6 Å². The van der Waals surface area contributed by atoms with Crippen LogP contribution in [-0.4, -0.2) is 36.5 Å². The molecule has 0 aromatic rings. The molecule has 1 N–H and O–H groups in total. The number of hydrogen-bond donors (Lipinski definition) is 1. The van der Waals surface area contributed by atoms with Gasteiger partial charge in [-0.3, -0.25) is 4.79 Å². The number of piperidine rings is 1. The second-order valence-electron chi connectivity index (χ2n) is 6.24. The monoisotopic (exact) mass is 266 g/mol. The maximum atomic E-state index is 12.2. The number of carbonyl (C=O) groups excluding carboxylic acids is 1. The van der Waals surface area contributed by atoms with Crippen LogP contribution in [0.2, 0.25) is 0 Å². The number of rotatable bonds is 5. The summed E-state index contributed by atoms with van der Waals surface area (Å²) in [5.41, 5.74) is 0. The number of nitrogens with zero attached hydrogens (tertiary/aromatic N) is 1. The highest BCUT2D eigenvalue weighted by atomic mass is 16.2. The summed E-state index contributed by atoms with van der Waals surface area (Å²) in [4.78, 5) is 14.2. The molecule has 1 atom stereocenters. The summed E-state index contributed by atoms with van der Waals surface area (Å²) in [5.74, 6) is 1.11. The lowest BCUT2D eigenvalue weighted by molar-refractivity contribution is -0.131.